The van der Waals surface area contributed by atoms with Crippen molar-refractivity contribution in [1.82, 2.24) is 4.98 Å². The highest BCUT2D eigenvalue weighted by Crippen LogP contribution is 2.31. The van der Waals surface area contributed by atoms with E-state index in [1.165, 1.54) is 11.3 Å². The fourth-order valence-electron chi connectivity index (χ4n) is 2.83. The van der Waals surface area contributed by atoms with Crippen LogP contribution in [-0.2, 0) is 0 Å². The summed E-state index contributed by atoms with van der Waals surface area (Å²) < 4.78 is 0. The van der Waals surface area contributed by atoms with E-state index >= 15 is 0 Å². The molecule has 0 unspecified atom stereocenters. The maximum Gasteiger partial charge on any atom is 0.257 e. The van der Waals surface area contributed by atoms with Crippen molar-refractivity contribution in [2.45, 2.75) is 6.92 Å². The lowest BCUT2D eigenvalue weighted by Crippen LogP contribution is -2.11. The monoisotopic (exact) mass is 378 g/mol. The topological polar surface area (TPSA) is 42.0 Å². The Labute approximate surface area is 160 Å². The molecule has 0 saturated carbocycles. The summed E-state index contributed by atoms with van der Waals surface area (Å²) in [5.74, 6) is -0.160. The normalized spacial score (nSPS) is 10.8. The van der Waals surface area contributed by atoms with Gasteiger partial charge >= 0.3 is 0 Å². The number of fused-ring (bicyclic) bond motifs is 1. The van der Waals surface area contributed by atoms with Gasteiger partial charge in [-0.3, -0.25) is 10.1 Å². The zero-order valence-corrected chi connectivity index (χ0v) is 15.6. The van der Waals surface area contributed by atoms with Gasteiger partial charge in [0.1, 0.15) is 0 Å². The summed E-state index contributed by atoms with van der Waals surface area (Å²) in [5, 5.41) is 6.33. The van der Waals surface area contributed by atoms with Gasteiger partial charge in [-0.1, -0.05) is 54.1 Å². The summed E-state index contributed by atoms with van der Waals surface area (Å²) in [5.41, 5.74) is 2.46. The second kappa shape index (κ2) is 6.90. The molecule has 0 radical (unpaired) electrons. The van der Waals surface area contributed by atoms with Crippen LogP contribution in [0.25, 0.3) is 22.0 Å². The van der Waals surface area contributed by atoms with E-state index in [2.05, 4.69) is 10.3 Å². The second-order valence-corrected chi connectivity index (χ2v) is 7.59. The standard InChI is InChI=1S/C21H15ClN2OS/c1-13-19(15-8-10-18(22)11-9-15)23-21(26-13)24-20(25)17-7-6-14-4-2-3-5-16(14)12-17/h2-12H,1H3,(H,23,24,25). The number of aryl methyl sites for hydroxylation is 1. The van der Waals surface area contributed by atoms with Crippen LogP contribution in [0, 0.1) is 6.92 Å². The number of amides is 1. The molecule has 1 N–H and O–H groups in total. The van der Waals surface area contributed by atoms with Gasteiger partial charge in [-0.05, 0) is 42.0 Å². The molecule has 4 rings (SSSR count). The van der Waals surface area contributed by atoms with Gasteiger partial charge in [0.05, 0.1) is 5.69 Å². The van der Waals surface area contributed by atoms with Gasteiger partial charge in [0, 0.05) is 21.0 Å². The third-order valence-electron chi connectivity index (χ3n) is 4.15. The minimum Gasteiger partial charge on any atom is -0.298 e. The molecule has 0 spiro atoms. The van der Waals surface area contributed by atoms with Crippen LogP contribution in [0.5, 0.6) is 0 Å². The lowest BCUT2D eigenvalue weighted by molar-refractivity contribution is 0.102. The van der Waals surface area contributed by atoms with E-state index in [0.717, 1.165) is 26.9 Å². The lowest BCUT2D eigenvalue weighted by Gasteiger charge is -2.04. The van der Waals surface area contributed by atoms with Crippen LogP contribution in [-0.4, -0.2) is 10.9 Å². The van der Waals surface area contributed by atoms with E-state index in [9.17, 15) is 4.79 Å². The molecule has 26 heavy (non-hydrogen) atoms. The van der Waals surface area contributed by atoms with Gasteiger partial charge in [0.25, 0.3) is 5.91 Å². The van der Waals surface area contributed by atoms with Gasteiger partial charge in [0.15, 0.2) is 5.13 Å². The zero-order valence-electron chi connectivity index (χ0n) is 14.0. The minimum atomic E-state index is -0.160. The predicted molar refractivity (Wildman–Crippen MR) is 109 cm³/mol. The highest BCUT2D eigenvalue weighted by Gasteiger charge is 2.13. The highest BCUT2D eigenvalue weighted by atomic mass is 35.5. The number of aromatic nitrogens is 1. The van der Waals surface area contributed by atoms with Crippen molar-refractivity contribution in [3.05, 3.63) is 82.2 Å². The summed E-state index contributed by atoms with van der Waals surface area (Å²) in [6.07, 6.45) is 0. The number of rotatable bonds is 3. The molecule has 0 fully saturated rings. The first-order valence-electron chi connectivity index (χ1n) is 8.14. The van der Waals surface area contributed by atoms with E-state index in [-0.39, 0.29) is 5.91 Å². The molecule has 0 saturated heterocycles. The summed E-state index contributed by atoms with van der Waals surface area (Å²) >= 11 is 7.41. The molecule has 0 bridgehead atoms. The molecule has 0 atom stereocenters. The first-order chi connectivity index (χ1) is 12.6. The number of carbonyl (C=O) groups excluding carboxylic acids is 1. The Morgan fingerprint density at radius 3 is 2.50 bits per heavy atom. The van der Waals surface area contributed by atoms with Crippen LogP contribution in [0.15, 0.2) is 66.7 Å². The molecule has 0 aliphatic carbocycles. The summed E-state index contributed by atoms with van der Waals surface area (Å²) in [4.78, 5) is 18.2. The Kier molecular flexibility index (Phi) is 4.45. The molecule has 4 aromatic rings. The maximum atomic E-state index is 12.6. The van der Waals surface area contributed by atoms with Crippen LogP contribution < -0.4 is 5.32 Å². The minimum absolute atomic E-state index is 0.160. The van der Waals surface area contributed by atoms with E-state index in [1.807, 2.05) is 73.7 Å². The lowest BCUT2D eigenvalue weighted by atomic mass is 10.1. The summed E-state index contributed by atoms with van der Waals surface area (Å²) in [6.45, 7) is 1.99. The smallest absolute Gasteiger partial charge is 0.257 e. The van der Waals surface area contributed by atoms with E-state index < -0.39 is 0 Å². The Morgan fingerprint density at radius 1 is 1.00 bits per heavy atom. The Bertz CT molecular complexity index is 1100. The van der Waals surface area contributed by atoms with Crippen LogP contribution >= 0.6 is 22.9 Å². The quantitative estimate of drug-likeness (QED) is 0.462. The Morgan fingerprint density at radius 2 is 1.73 bits per heavy atom. The number of hydrogen-bond acceptors (Lipinski definition) is 3. The van der Waals surface area contributed by atoms with Crippen molar-refractivity contribution < 1.29 is 4.79 Å². The van der Waals surface area contributed by atoms with E-state index in [0.29, 0.717) is 15.7 Å². The van der Waals surface area contributed by atoms with E-state index in [1.54, 1.807) is 0 Å². The number of halogens is 1. The SMILES string of the molecule is Cc1sc(NC(=O)c2ccc3ccccc3c2)nc1-c1ccc(Cl)cc1. The molecule has 3 aromatic carbocycles. The van der Waals surface area contributed by atoms with Crippen molar-refractivity contribution in [1.29, 1.82) is 0 Å². The number of benzene rings is 3. The van der Waals surface area contributed by atoms with Crippen LogP contribution in [0.3, 0.4) is 0 Å². The molecule has 1 heterocycles. The maximum absolute atomic E-state index is 12.6. The fourth-order valence-corrected chi connectivity index (χ4v) is 3.78. The third kappa shape index (κ3) is 3.34. The second-order valence-electron chi connectivity index (χ2n) is 5.95. The summed E-state index contributed by atoms with van der Waals surface area (Å²) in [6, 6.07) is 21.2. The van der Waals surface area contributed by atoms with Gasteiger partial charge in [-0.25, -0.2) is 4.98 Å². The van der Waals surface area contributed by atoms with Gasteiger partial charge in [-0.15, -0.1) is 11.3 Å². The van der Waals surface area contributed by atoms with Crippen LogP contribution in [0.1, 0.15) is 15.2 Å². The highest BCUT2D eigenvalue weighted by molar-refractivity contribution is 7.16. The van der Waals surface area contributed by atoms with Gasteiger partial charge in [-0.2, -0.15) is 0 Å². The molecular formula is C21H15ClN2OS. The van der Waals surface area contributed by atoms with Gasteiger partial charge in [0.2, 0.25) is 0 Å². The number of nitrogens with zero attached hydrogens (tertiary/aromatic N) is 1. The summed E-state index contributed by atoms with van der Waals surface area (Å²) in [7, 11) is 0. The molecular weight excluding hydrogens is 364 g/mol. The molecule has 5 heteroatoms. The molecule has 128 valence electrons. The average molecular weight is 379 g/mol. The van der Waals surface area contributed by atoms with Gasteiger partial charge < -0.3 is 0 Å². The predicted octanol–water partition coefficient (Wildman–Crippen LogP) is 6.18. The number of hydrogen-bond donors (Lipinski definition) is 1. The third-order valence-corrected chi connectivity index (χ3v) is 5.28. The van der Waals surface area contributed by atoms with Crippen molar-refractivity contribution in [2.75, 3.05) is 5.32 Å². The van der Waals surface area contributed by atoms with Crippen molar-refractivity contribution in [2.24, 2.45) is 0 Å². The average Bonchev–Trinajstić information content (AvgIpc) is 3.02. The Balaban J connectivity index is 1.59. The number of carbonyl (C=O) groups is 1. The molecule has 3 nitrogen and oxygen atoms in total. The largest absolute Gasteiger partial charge is 0.298 e. The van der Waals surface area contributed by atoms with Crippen LogP contribution in [0.2, 0.25) is 5.02 Å². The van der Waals surface area contributed by atoms with Crippen molar-refractivity contribution in [3.63, 3.8) is 0 Å². The molecule has 0 aliphatic rings. The molecule has 1 amide bonds. The number of thiazole rings is 1. The zero-order chi connectivity index (χ0) is 18.1. The van der Waals surface area contributed by atoms with E-state index in [4.69, 9.17) is 11.6 Å². The Hall–Kier alpha value is -2.69. The molecule has 1 aromatic heterocycles. The van der Waals surface area contributed by atoms with Crippen LogP contribution in [0.4, 0.5) is 5.13 Å². The number of nitrogens with one attached hydrogen (secondary N) is 1. The van der Waals surface area contributed by atoms with Crippen molar-refractivity contribution in [3.8, 4) is 11.3 Å². The fraction of sp³-hybridized carbons (Fsp3) is 0.0476. The first kappa shape index (κ1) is 16.8. The molecule has 0 aliphatic heterocycles. The van der Waals surface area contributed by atoms with Crippen molar-refractivity contribution >= 4 is 44.7 Å². The first-order valence-corrected chi connectivity index (χ1v) is 9.33. The number of anilines is 1.